The summed E-state index contributed by atoms with van der Waals surface area (Å²) in [5, 5.41) is 4.17. The van der Waals surface area contributed by atoms with E-state index in [-0.39, 0.29) is 40.9 Å². The van der Waals surface area contributed by atoms with Crippen molar-refractivity contribution in [1.29, 1.82) is 0 Å². The largest absolute Gasteiger partial charge is 0.349 e. The summed E-state index contributed by atoms with van der Waals surface area (Å²) < 4.78 is 27.3. The molecule has 1 N–H and O–H groups in total. The molecule has 0 aromatic heterocycles. The highest BCUT2D eigenvalue weighted by Crippen LogP contribution is 2.30. The second kappa shape index (κ2) is 9.88. The number of nitrogens with zero attached hydrogens (tertiary/aromatic N) is 1. The highest BCUT2D eigenvalue weighted by atomic mass is 35.5. The molecule has 0 saturated carbocycles. The van der Waals surface area contributed by atoms with Crippen molar-refractivity contribution < 1.29 is 13.2 Å². The minimum absolute atomic E-state index is 0.00615. The van der Waals surface area contributed by atoms with Gasteiger partial charge in [-0.1, -0.05) is 53.9 Å². The SMILES string of the molecule is CCC(NC(=O)C1CCN(S(=O)(=O)c2cc(Cl)ccc2Cl)CC1)c1ccc(Cl)cc1. The summed E-state index contributed by atoms with van der Waals surface area (Å²) in [5.41, 5.74) is 0.992. The molecule has 3 rings (SSSR count). The molecule has 9 heteroatoms. The van der Waals surface area contributed by atoms with Gasteiger partial charge in [-0.25, -0.2) is 8.42 Å². The van der Waals surface area contributed by atoms with Gasteiger partial charge in [0.15, 0.2) is 0 Å². The Labute approximate surface area is 192 Å². The van der Waals surface area contributed by atoms with Gasteiger partial charge in [-0.3, -0.25) is 4.79 Å². The number of carbonyl (C=O) groups excluding carboxylic acids is 1. The van der Waals surface area contributed by atoms with Crippen LogP contribution in [0.3, 0.4) is 0 Å². The minimum Gasteiger partial charge on any atom is -0.349 e. The van der Waals surface area contributed by atoms with E-state index >= 15 is 0 Å². The van der Waals surface area contributed by atoms with Crippen molar-refractivity contribution in [2.75, 3.05) is 13.1 Å². The van der Waals surface area contributed by atoms with Crippen LogP contribution in [0.4, 0.5) is 0 Å². The average molecular weight is 490 g/mol. The van der Waals surface area contributed by atoms with E-state index in [1.807, 2.05) is 19.1 Å². The number of benzene rings is 2. The summed E-state index contributed by atoms with van der Waals surface area (Å²) in [5.74, 6) is -0.303. The molecule has 2 aromatic carbocycles. The Balaban J connectivity index is 1.63. The molecule has 1 saturated heterocycles. The van der Waals surface area contributed by atoms with Crippen molar-refractivity contribution in [2.45, 2.75) is 37.1 Å². The van der Waals surface area contributed by atoms with Gasteiger partial charge in [-0.2, -0.15) is 4.31 Å². The summed E-state index contributed by atoms with van der Waals surface area (Å²) in [6, 6.07) is 11.7. The molecule has 30 heavy (non-hydrogen) atoms. The third kappa shape index (κ3) is 5.29. The summed E-state index contributed by atoms with van der Waals surface area (Å²) in [7, 11) is -3.77. The zero-order valence-electron chi connectivity index (χ0n) is 16.4. The third-order valence-electron chi connectivity index (χ3n) is 5.33. The van der Waals surface area contributed by atoms with Crippen molar-refractivity contribution >= 4 is 50.7 Å². The van der Waals surface area contributed by atoms with E-state index < -0.39 is 10.0 Å². The van der Waals surface area contributed by atoms with Crippen LogP contribution < -0.4 is 5.32 Å². The third-order valence-corrected chi connectivity index (χ3v) is 8.20. The monoisotopic (exact) mass is 488 g/mol. The Hall–Kier alpha value is -1.31. The van der Waals surface area contributed by atoms with Crippen LogP contribution in [0.25, 0.3) is 0 Å². The van der Waals surface area contributed by atoms with E-state index in [0.717, 1.165) is 12.0 Å². The number of hydrogen-bond donors (Lipinski definition) is 1. The van der Waals surface area contributed by atoms with E-state index in [1.54, 1.807) is 18.2 Å². The molecule has 162 valence electrons. The maximum Gasteiger partial charge on any atom is 0.244 e. The quantitative estimate of drug-likeness (QED) is 0.597. The molecule has 0 spiro atoms. The maximum absolute atomic E-state index is 12.9. The Kier molecular flexibility index (Phi) is 7.69. The van der Waals surface area contributed by atoms with Crippen LogP contribution in [-0.4, -0.2) is 31.7 Å². The van der Waals surface area contributed by atoms with Gasteiger partial charge >= 0.3 is 0 Å². The molecule has 0 bridgehead atoms. The topological polar surface area (TPSA) is 66.5 Å². The fraction of sp³-hybridized carbons (Fsp3) is 0.381. The Bertz CT molecular complexity index is 1000. The van der Waals surface area contributed by atoms with Gasteiger partial charge in [-0.15, -0.1) is 0 Å². The number of amides is 1. The van der Waals surface area contributed by atoms with E-state index in [9.17, 15) is 13.2 Å². The lowest BCUT2D eigenvalue weighted by Gasteiger charge is -2.31. The van der Waals surface area contributed by atoms with E-state index in [0.29, 0.717) is 22.9 Å². The summed E-state index contributed by atoms with van der Waals surface area (Å²) >= 11 is 18.0. The molecule has 1 unspecified atom stereocenters. The second-order valence-electron chi connectivity index (χ2n) is 7.27. The molecular weight excluding hydrogens is 467 g/mol. The van der Waals surface area contributed by atoms with Gasteiger partial charge in [0.05, 0.1) is 11.1 Å². The molecule has 1 heterocycles. The van der Waals surface area contributed by atoms with Gasteiger partial charge in [0.1, 0.15) is 4.90 Å². The van der Waals surface area contributed by atoms with Gasteiger partial charge in [-0.05, 0) is 55.2 Å². The first-order valence-corrected chi connectivity index (χ1v) is 12.3. The van der Waals surface area contributed by atoms with Gasteiger partial charge < -0.3 is 5.32 Å². The van der Waals surface area contributed by atoms with Crippen molar-refractivity contribution in [1.82, 2.24) is 9.62 Å². The van der Waals surface area contributed by atoms with Crippen LogP contribution in [0.1, 0.15) is 37.8 Å². The normalized spacial score (nSPS) is 16.9. The van der Waals surface area contributed by atoms with Crippen LogP contribution in [0.2, 0.25) is 15.1 Å². The van der Waals surface area contributed by atoms with Crippen molar-refractivity contribution in [3.05, 3.63) is 63.1 Å². The molecule has 1 fully saturated rings. The number of carbonyl (C=O) groups is 1. The van der Waals surface area contributed by atoms with Crippen LogP contribution in [0.5, 0.6) is 0 Å². The first-order chi connectivity index (χ1) is 14.2. The Morgan fingerprint density at radius 3 is 2.27 bits per heavy atom. The molecular formula is C21H23Cl3N2O3S. The van der Waals surface area contributed by atoms with E-state index in [4.69, 9.17) is 34.8 Å². The Morgan fingerprint density at radius 2 is 1.67 bits per heavy atom. The fourth-order valence-electron chi connectivity index (χ4n) is 3.58. The highest BCUT2D eigenvalue weighted by molar-refractivity contribution is 7.89. The molecule has 2 aromatic rings. The highest BCUT2D eigenvalue weighted by Gasteiger charge is 2.33. The predicted octanol–water partition coefficient (Wildman–Crippen LogP) is 5.32. The first kappa shape index (κ1) is 23.4. The molecule has 1 atom stereocenters. The van der Waals surface area contributed by atoms with E-state index in [1.165, 1.54) is 16.4 Å². The number of rotatable bonds is 6. The minimum atomic E-state index is -3.77. The molecule has 1 aliphatic rings. The molecule has 1 amide bonds. The number of nitrogens with one attached hydrogen (secondary N) is 1. The summed E-state index contributed by atoms with van der Waals surface area (Å²) in [6.45, 7) is 2.51. The molecule has 1 aliphatic heterocycles. The maximum atomic E-state index is 12.9. The smallest absolute Gasteiger partial charge is 0.244 e. The zero-order chi connectivity index (χ0) is 21.9. The number of halogens is 3. The number of piperidine rings is 1. The lowest BCUT2D eigenvalue weighted by molar-refractivity contribution is -0.126. The number of sulfonamides is 1. The Morgan fingerprint density at radius 1 is 1.07 bits per heavy atom. The molecule has 5 nitrogen and oxygen atoms in total. The lowest BCUT2D eigenvalue weighted by atomic mass is 9.96. The second-order valence-corrected chi connectivity index (χ2v) is 10.5. The predicted molar refractivity (Wildman–Crippen MR) is 121 cm³/mol. The van der Waals surface area contributed by atoms with Crippen molar-refractivity contribution in [2.24, 2.45) is 5.92 Å². The van der Waals surface area contributed by atoms with Crippen LogP contribution in [-0.2, 0) is 14.8 Å². The standard InChI is InChI=1S/C21H23Cl3N2O3S/c1-2-19(14-3-5-16(22)6-4-14)25-21(27)15-9-11-26(12-10-15)30(28,29)20-13-17(23)7-8-18(20)24/h3-8,13,15,19H,2,9-12H2,1H3,(H,25,27). The number of hydrogen-bond acceptors (Lipinski definition) is 3. The zero-order valence-corrected chi connectivity index (χ0v) is 19.5. The van der Waals surface area contributed by atoms with Gasteiger partial charge in [0, 0.05) is 29.1 Å². The molecule has 0 radical (unpaired) electrons. The van der Waals surface area contributed by atoms with Crippen LogP contribution >= 0.6 is 34.8 Å². The average Bonchev–Trinajstić information content (AvgIpc) is 2.74. The van der Waals surface area contributed by atoms with Gasteiger partial charge in [0.2, 0.25) is 15.9 Å². The van der Waals surface area contributed by atoms with Crippen molar-refractivity contribution in [3.8, 4) is 0 Å². The van der Waals surface area contributed by atoms with Crippen LogP contribution in [0.15, 0.2) is 47.4 Å². The van der Waals surface area contributed by atoms with Gasteiger partial charge in [0.25, 0.3) is 0 Å². The molecule has 0 aliphatic carbocycles. The van der Waals surface area contributed by atoms with Crippen LogP contribution in [0, 0.1) is 5.92 Å². The fourth-order valence-corrected chi connectivity index (χ4v) is 5.91. The van der Waals surface area contributed by atoms with E-state index in [2.05, 4.69) is 5.32 Å². The van der Waals surface area contributed by atoms with Crippen molar-refractivity contribution in [3.63, 3.8) is 0 Å². The summed E-state index contributed by atoms with van der Waals surface area (Å²) in [4.78, 5) is 12.8. The lowest BCUT2D eigenvalue weighted by Crippen LogP contribution is -2.43. The summed E-state index contributed by atoms with van der Waals surface area (Å²) in [6.07, 6.45) is 1.63. The first-order valence-electron chi connectivity index (χ1n) is 9.73.